The van der Waals surface area contributed by atoms with Gasteiger partial charge < -0.3 is 16.4 Å². The predicted octanol–water partition coefficient (Wildman–Crippen LogP) is 0.433. The molecule has 0 saturated heterocycles. The Kier molecular flexibility index (Phi) is 5.45. The molecule has 0 aliphatic carbocycles. The molecule has 0 atom stereocenters. The molecular weight excluding hydrogens is 264 g/mol. The summed E-state index contributed by atoms with van der Waals surface area (Å²) in [6.45, 7) is 2.30. The number of carbonyl (C=O) groups is 2. The van der Waals surface area contributed by atoms with Crippen molar-refractivity contribution in [1.82, 2.24) is 10.6 Å². The van der Waals surface area contributed by atoms with Crippen LogP contribution >= 0.6 is 0 Å². The molecule has 0 aromatic heterocycles. The summed E-state index contributed by atoms with van der Waals surface area (Å²) in [4.78, 5) is 33.0. The fourth-order valence-electron chi connectivity index (χ4n) is 1.45. The van der Waals surface area contributed by atoms with Gasteiger partial charge in [-0.2, -0.15) is 0 Å². The van der Waals surface area contributed by atoms with Crippen LogP contribution in [0, 0.1) is 10.1 Å². The minimum atomic E-state index is -0.630. The molecule has 0 aliphatic heterocycles. The number of carbonyl (C=O) groups excluding carboxylic acids is 2. The van der Waals surface area contributed by atoms with Crippen LogP contribution in [0.15, 0.2) is 18.2 Å². The fraction of sp³-hybridized carbons (Fsp3) is 0.333. The van der Waals surface area contributed by atoms with Gasteiger partial charge in [0, 0.05) is 18.2 Å². The molecule has 4 N–H and O–H groups in total. The highest BCUT2D eigenvalue weighted by atomic mass is 16.6. The van der Waals surface area contributed by atoms with Crippen molar-refractivity contribution in [2.75, 3.05) is 18.8 Å². The van der Waals surface area contributed by atoms with Gasteiger partial charge in [-0.1, -0.05) is 6.92 Å². The number of nitrogens with one attached hydrogen (secondary N) is 2. The monoisotopic (exact) mass is 280 g/mol. The lowest BCUT2D eigenvalue weighted by molar-refractivity contribution is -0.383. The average Bonchev–Trinajstić information content (AvgIpc) is 2.41. The van der Waals surface area contributed by atoms with Crippen molar-refractivity contribution in [3.05, 3.63) is 33.9 Å². The Hall–Kier alpha value is -2.64. The largest absolute Gasteiger partial charge is 0.393 e. The number of hydrogen-bond acceptors (Lipinski definition) is 5. The van der Waals surface area contributed by atoms with E-state index in [1.807, 2.05) is 6.92 Å². The van der Waals surface area contributed by atoms with Gasteiger partial charge in [0.1, 0.15) is 5.69 Å². The number of nitrogens with zero attached hydrogens (tertiary/aromatic N) is 1. The molecule has 1 aromatic carbocycles. The summed E-state index contributed by atoms with van der Waals surface area (Å²) in [5, 5.41) is 15.6. The lowest BCUT2D eigenvalue weighted by Gasteiger charge is -2.06. The third-order valence-corrected chi connectivity index (χ3v) is 2.47. The van der Waals surface area contributed by atoms with Gasteiger partial charge in [-0.05, 0) is 18.6 Å². The van der Waals surface area contributed by atoms with E-state index in [1.54, 1.807) is 0 Å². The number of hydrogen-bond donors (Lipinski definition) is 3. The van der Waals surface area contributed by atoms with Crippen LogP contribution in [0.2, 0.25) is 0 Å². The zero-order valence-corrected chi connectivity index (χ0v) is 11.0. The summed E-state index contributed by atoms with van der Waals surface area (Å²) < 4.78 is 0. The summed E-state index contributed by atoms with van der Waals surface area (Å²) in [6.07, 6.45) is 0.804. The lowest BCUT2D eigenvalue weighted by atomic mass is 10.1. The first kappa shape index (κ1) is 15.4. The summed E-state index contributed by atoms with van der Waals surface area (Å²) in [5.41, 5.74) is 5.28. The molecule has 0 saturated carbocycles. The van der Waals surface area contributed by atoms with Gasteiger partial charge >= 0.3 is 0 Å². The summed E-state index contributed by atoms with van der Waals surface area (Å²) in [7, 11) is 0. The number of amides is 2. The van der Waals surface area contributed by atoms with Crippen molar-refractivity contribution in [2.45, 2.75) is 13.3 Å². The van der Waals surface area contributed by atoms with Crippen molar-refractivity contribution >= 4 is 23.2 Å². The van der Waals surface area contributed by atoms with Crippen LogP contribution in [-0.2, 0) is 4.79 Å². The zero-order chi connectivity index (χ0) is 15.1. The minimum absolute atomic E-state index is 0.0990. The molecular formula is C12H16N4O4. The van der Waals surface area contributed by atoms with E-state index in [1.165, 1.54) is 12.1 Å². The number of nitro groups is 1. The molecule has 0 fully saturated rings. The normalized spacial score (nSPS) is 9.85. The molecule has 8 heteroatoms. The smallest absolute Gasteiger partial charge is 0.292 e. The van der Waals surface area contributed by atoms with Crippen molar-refractivity contribution in [3.63, 3.8) is 0 Å². The standard InChI is InChI=1S/C12H16N4O4/c1-2-5-14-11(17)7-15-12(18)8-3-4-10(16(19)20)9(13)6-8/h3-4,6H,2,5,7,13H2,1H3,(H,14,17)(H,15,18). The molecule has 1 rings (SSSR count). The van der Waals surface area contributed by atoms with Gasteiger partial charge in [-0.3, -0.25) is 19.7 Å². The van der Waals surface area contributed by atoms with E-state index in [2.05, 4.69) is 10.6 Å². The van der Waals surface area contributed by atoms with E-state index in [4.69, 9.17) is 5.73 Å². The van der Waals surface area contributed by atoms with E-state index >= 15 is 0 Å². The summed E-state index contributed by atoms with van der Waals surface area (Å²) in [5.74, 6) is -0.812. The molecule has 2 amide bonds. The molecule has 0 aliphatic rings. The number of nitrogens with two attached hydrogens (primary N) is 1. The SMILES string of the molecule is CCCNC(=O)CNC(=O)c1ccc([N+](=O)[O-])c(N)c1. The van der Waals surface area contributed by atoms with E-state index in [0.29, 0.717) is 6.54 Å². The number of benzene rings is 1. The van der Waals surface area contributed by atoms with Crippen LogP contribution in [0.1, 0.15) is 23.7 Å². The Morgan fingerprint density at radius 1 is 1.35 bits per heavy atom. The molecule has 0 radical (unpaired) electrons. The Balaban J connectivity index is 2.62. The number of nitro benzene ring substituents is 1. The molecule has 0 unspecified atom stereocenters. The maximum atomic E-state index is 11.7. The Morgan fingerprint density at radius 2 is 2.05 bits per heavy atom. The van der Waals surface area contributed by atoms with E-state index in [9.17, 15) is 19.7 Å². The maximum Gasteiger partial charge on any atom is 0.292 e. The van der Waals surface area contributed by atoms with Crippen molar-refractivity contribution in [3.8, 4) is 0 Å². The highest BCUT2D eigenvalue weighted by Gasteiger charge is 2.14. The number of rotatable bonds is 6. The van der Waals surface area contributed by atoms with E-state index < -0.39 is 10.8 Å². The first-order chi connectivity index (χ1) is 9.45. The highest BCUT2D eigenvalue weighted by Crippen LogP contribution is 2.21. The van der Waals surface area contributed by atoms with Crippen LogP contribution in [0.5, 0.6) is 0 Å². The fourth-order valence-corrected chi connectivity index (χ4v) is 1.45. The molecule has 0 spiro atoms. The maximum absolute atomic E-state index is 11.7. The Labute approximate surface area is 115 Å². The molecule has 8 nitrogen and oxygen atoms in total. The second kappa shape index (κ2) is 7.07. The third kappa shape index (κ3) is 4.23. The number of anilines is 1. The van der Waals surface area contributed by atoms with Crippen molar-refractivity contribution in [1.29, 1.82) is 0 Å². The summed E-state index contributed by atoms with van der Waals surface area (Å²) >= 11 is 0. The van der Waals surface area contributed by atoms with Crippen LogP contribution < -0.4 is 16.4 Å². The third-order valence-electron chi connectivity index (χ3n) is 2.47. The molecule has 0 heterocycles. The first-order valence-electron chi connectivity index (χ1n) is 6.04. The van der Waals surface area contributed by atoms with Crippen LogP contribution in [-0.4, -0.2) is 29.8 Å². The van der Waals surface area contributed by atoms with Crippen LogP contribution in [0.25, 0.3) is 0 Å². The van der Waals surface area contributed by atoms with Gasteiger partial charge in [0.25, 0.3) is 11.6 Å². The van der Waals surface area contributed by atoms with Gasteiger partial charge in [0.15, 0.2) is 0 Å². The predicted molar refractivity (Wildman–Crippen MR) is 73.1 cm³/mol. The van der Waals surface area contributed by atoms with E-state index in [0.717, 1.165) is 12.5 Å². The van der Waals surface area contributed by atoms with Crippen molar-refractivity contribution < 1.29 is 14.5 Å². The first-order valence-corrected chi connectivity index (χ1v) is 6.04. The zero-order valence-electron chi connectivity index (χ0n) is 11.0. The minimum Gasteiger partial charge on any atom is -0.393 e. The lowest BCUT2D eigenvalue weighted by Crippen LogP contribution is -2.37. The second-order valence-corrected chi connectivity index (χ2v) is 4.06. The molecule has 20 heavy (non-hydrogen) atoms. The van der Waals surface area contributed by atoms with Crippen LogP contribution in [0.4, 0.5) is 11.4 Å². The molecule has 0 bridgehead atoms. The van der Waals surface area contributed by atoms with Gasteiger partial charge in [0.2, 0.25) is 5.91 Å². The quantitative estimate of drug-likeness (QED) is 0.395. The van der Waals surface area contributed by atoms with Crippen LogP contribution in [0.3, 0.4) is 0 Å². The number of nitrogen functional groups attached to an aromatic ring is 1. The van der Waals surface area contributed by atoms with Gasteiger partial charge in [-0.25, -0.2) is 0 Å². The van der Waals surface area contributed by atoms with Gasteiger partial charge in [0.05, 0.1) is 11.5 Å². The van der Waals surface area contributed by atoms with Crippen molar-refractivity contribution in [2.24, 2.45) is 0 Å². The highest BCUT2D eigenvalue weighted by molar-refractivity contribution is 5.97. The van der Waals surface area contributed by atoms with Gasteiger partial charge in [-0.15, -0.1) is 0 Å². The second-order valence-electron chi connectivity index (χ2n) is 4.06. The molecule has 108 valence electrons. The summed E-state index contributed by atoms with van der Waals surface area (Å²) in [6, 6.07) is 3.65. The average molecular weight is 280 g/mol. The van der Waals surface area contributed by atoms with E-state index in [-0.39, 0.29) is 29.4 Å². The Bertz CT molecular complexity index is 530. The molecule has 1 aromatic rings. The Morgan fingerprint density at radius 3 is 2.60 bits per heavy atom. The topological polar surface area (TPSA) is 127 Å².